The van der Waals surface area contributed by atoms with E-state index in [-0.39, 0.29) is 18.8 Å². The Hall–Kier alpha value is -2.50. The summed E-state index contributed by atoms with van der Waals surface area (Å²) in [5.41, 5.74) is 1.05. The summed E-state index contributed by atoms with van der Waals surface area (Å²) in [6.45, 7) is 2.08. The number of aryl methyl sites for hydroxylation is 1. The molecule has 1 heterocycles. The lowest BCUT2D eigenvalue weighted by Gasteiger charge is -2.17. The van der Waals surface area contributed by atoms with Crippen LogP contribution in [0.15, 0.2) is 35.7 Å². The summed E-state index contributed by atoms with van der Waals surface area (Å²) in [5.74, 6) is -0.866. The molecule has 0 radical (unpaired) electrons. The lowest BCUT2D eigenvalue weighted by atomic mass is 10.1. The van der Waals surface area contributed by atoms with Crippen LogP contribution in [0.4, 0.5) is 4.79 Å². The molecule has 2 aromatic rings. The van der Waals surface area contributed by atoms with E-state index in [9.17, 15) is 23.1 Å². The Labute approximate surface area is 167 Å². The van der Waals surface area contributed by atoms with E-state index in [1.807, 2.05) is 35.1 Å². The molecule has 11 heteroatoms. The number of benzene rings is 1. The van der Waals surface area contributed by atoms with Gasteiger partial charge in [0.25, 0.3) is 5.91 Å². The first kappa shape index (κ1) is 21.8. The van der Waals surface area contributed by atoms with E-state index < -0.39 is 22.2 Å². The minimum Gasteiger partial charge on any atom is -0.465 e. The van der Waals surface area contributed by atoms with Gasteiger partial charge in [-0.2, -0.15) is 13.1 Å². The predicted octanol–water partition coefficient (Wildman–Crippen LogP) is 1.84. The van der Waals surface area contributed by atoms with Gasteiger partial charge in [0.1, 0.15) is 10.7 Å². The fourth-order valence-electron chi connectivity index (χ4n) is 2.41. The van der Waals surface area contributed by atoms with Crippen LogP contribution in [0, 0.1) is 0 Å². The molecule has 0 aliphatic carbocycles. The van der Waals surface area contributed by atoms with E-state index in [0.717, 1.165) is 23.3 Å². The van der Waals surface area contributed by atoms with Crippen LogP contribution in [0.3, 0.4) is 0 Å². The SMILES string of the molecule is CCNS(=O)(=O)NC(=O)c1csc(CN(CCCc2ccccc2)C(=O)O)n1. The van der Waals surface area contributed by atoms with Gasteiger partial charge in [-0.15, -0.1) is 11.3 Å². The second kappa shape index (κ2) is 10.2. The Morgan fingerprint density at radius 3 is 2.61 bits per heavy atom. The minimum atomic E-state index is -3.93. The Kier molecular flexibility index (Phi) is 7.91. The zero-order chi connectivity index (χ0) is 20.6. The largest absolute Gasteiger partial charge is 0.465 e. The fourth-order valence-corrected chi connectivity index (χ4v) is 4.00. The maximum absolute atomic E-state index is 12.0. The maximum atomic E-state index is 12.0. The standard InChI is InChI=1S/C17H22N4O5S2/c1-2-18-28(25,26)20-16(22)14-12-27-15(19-14)11-21(17(23)24)10-6-9-13-7-4-3-5-8-13/h3-5,7-8,12,18H,2,6,9-11H2,1H3,(H,20,22)(H,23,24). The van der Waals surface area contributed by atoms with E-state index in [1.165, 1.54) is 10.3 Å². The van der Waals surface area contributed by atoms with Gasteiger partial charge in [-0.05, 0) is 18.4 Å². The van der Waals surface area contributed by atoms with Crippen LogP contribution in [-0.2, 0) is 23.2 Å². The molecule has 1 aromatic heterocycles. The molecule has 28 heavy (non-hydrogen) atoms. The number of carbonyl (C=O) groups is 2. The van der Waals surface area contributed by atoms with Crippen molar-refractivity contribution in [1.29, 1.82) is 0 Å². The molecule has 0 aliphatic heterocycles. The molecule has 0 spiro atoms. The van der Waals surface area contributed by atoms with Crippen molar-refractivity contribution in [3.63, 3.8) is 0 Å². The number of rotatable bonds is 10. The van der Waals surface area contributed by atoms with Crippen molar-refractivity contribution >= 4 is 33.5 Å². The third-order valence-electron chi connectivity index (χ3n) is 3.68. The van der Waals surface area contributed by atoms with E-state index in [4.69, 9.17) is 0 Å². The zero-order valence-corrected chi connectivity index (χ0v) is 16.9. The third kappa shape index (κ3) is 6.91. The highest BCUT2D eigenvalue weighted by Gasteiger charge is 2.19. The highest BCUT2D eigenvalue weighted by molar-refractivity contribution is 7.88. The Morgan fingerprint density at radius 2 is 1.96 bits per heavy atom. The summed E-state index contributed by atoms with van der Waals surface area (Å²) in [4.78, 5) is 28.7. The average Bonchev–Trinajstić information content (AvgIpc) is 3.10. The van der Waals surface area contributed by atoms with Gasteiger partial charge in [-0.1, -0.05) is 37.3 Å². The molecule has 0 saturated carbocycles. The summed E-state index contributed by atoms with van der Waals surface area (Å²) in [7, 11) is -3.93. The Morgan fingerprint density at radius 1 is 1.25 bits per heavy atom. The Balaban J connectivity index is 1.93. The normalized spacial score (nSPS) is 11.2. The third-order valence-corrected chi connectivity index (χ3v) is 5.64. The summed E-state index contributed by atoms with van der Waals surface area (Å²) in [5, 5.41) is 11.2. The zero-order valence-electron chi connectivity index (χ0n) is 15.3. The molecule has 152 valence electrons. The number of nitrogens with one attached hydrogen (secondary N) is 2. The molecule has 2 amide bonds. The molecule has 9 nitrogen and oxygen atoms in total. The second-order valence-electron chi connectivity index (χ2n) is 5.85. The molecular formula is C17H22N4O5S2. The quantitative estimate of drug-likeness (QED) is 0.532. The summed E-state index contributed by atoms with van der Waals surface area (Å²) in [6.07, 6.45) is 0.318. The number of carbonyl (C=O) groups excluding carboxylic acids is 1. The first-order valence-electron chi connectivity index (χ1n) is 8.58. The van der Waals surface area contributed by atoms with Crippen molar-refractivity contribution in [2.24, 2.45) is 0 Å². The molecule has 2 rings (SSSR count). The van der Waals surface area contributed by atoms with Gasteiger partial charge in [-0.25, -0.2) is 14.5 Å². The number of nitrogens with zero attached hydrogens (tertiary/aromatic N) is 2. The van der Waals surface area contributed by atoms with Crippen molar-refractivity contribution in [3.05, 3.63) is 52.0 Å². The number of carboxylic acid groups (broad SMARTS) is 1. The number of amides is 2. The van der Waals surface area contributed by atoms with Gasteiger partial charge < -0.3 is 10.0 Å². The van der Waals surface area contributed by atoms with Crippen molar-refractivity contribution in [3.8, 4) is 0 Å². The van der Waals surface area contributed by atoms with Gasteiger partial charge in [-0.3, -0.25) is 4.79 Å². The molecule has 0 unspecified atom stereocenters. The van der Waals surface area contributed by atoms with Crippen LogP contribution in [0.5, 0.6) is 0 Å². The molecule has 0 fully saturated rings. The second-order valence-corrected chi connectivity index (χ2v) is 8.29. The average molecular weight is 427 g/mol. The number of hydrogen-bond donors (Lipinski definition) is 3. The van der Waals surface area contributed by atoms with E-state index in [2.05, 4.69) is 9.71 Å². The van der Waals surface area contributed by atoms with Crippen LogP contribution in [0.2, 0.25) is 0 Å². The molecule has 1 aromatic carbocycles. The number of aromatic nitrogens is 1. The lowest BCUT2D eigenvalue weighted by Crippen LogP contribution is -2.40. The summed E-state index contributed by atoms with van der Waals surface area (Å²) in [6, 6.07) is 9.76. The first-order chi connectivity index (χ1) is 13.3. The smallest absolute Gasteiger partial charge is 0.407 e. The highest BCUT2D eigenvalue weighted by atomic mass is 32.2. The highest BCUT2D eigenvalue weighted by Crippen LogP contribution is 2.14. The minimum absolute atomic E-state index is 0.0298. The Bertz CT molecular complexity index is 899. The van der Waals surface area contributed by atoms with Gasteiger partial charge in [0.05, 0.1) is 6.54 Å². The number of hydrogen-bond acceptors (Lipinski definition) is 6. The topological polar surface area (TPSA) is 129 Å². The maximum Gasteiger partial charge on any atom is 0.407 e. The van der Waals surface area contributed by atoms with Crippen molar-refractivity contribution < 1.29 is 23.1 Å². The molecule has 0 atom stereocenters. The van der Waals surface area contributed by atoms with Crippen LogP contribution in [0.25, 0.3) is 0 Å². The lowest BCUT2D eigenvalue weighted by molar-refractivity contribution is 0.0976. The van der Waals surface area contributed by atoms with E-state index in [0.29, 0.717) is 18.0 Å². The molecule has 0 saturated heterocycles. The van der Waals surface area contributed by atoms with E-state index in [1.54, 1.807) is 6.92 Å². The number of thiazole rings is 1. The first-order valence-corrected chi connectivity index (χ1v) is 10.9. The van der Waals surface area contributed by atoms with Crippen molar-refractivity contribution in [1.82, 2.24) is 19.3 Å². The van der Waals surface area contributed by atoms with Crippen LogP contribution in [-0.4, -0.2) is 48.5 Å². The van der Waals surface area contributed by atoms with Crippen LogP contribution in [0.1, 0.15) is 34.4 Å². The molecule has 0 aliphatic rings. The van der Waals surface area contributed by atoms with E-state index >= 15 is 0 Å². The van der Waals surface area contributed by atoms with Gasteiger partial charge in [0, 0.05) is 18.5 Å². The van der Waals surface area contributed by atoms with Gasteiger partial charge in [0.2, 0.25) is 0 Å². The summed E-state index contributed by atoms with van der Waals surface area (Å²) < 4.78 is 27.1. The monoisotopic (exact) mass is 426 g/mol. The van der Waals surface area contributed by atoms with Gasteiger partial charge in [0.15, 0.2) is 0 Å². The van der Waals surface area contributed by atoms with Crippen LogP contribution < -0.4 is 9.44 Å². The van der Waals surface area contributed by atoms with Crippen molar-refractivity contribution in [2.75, 3.05) is 13.1 Å². The van der Waals surface area contributed by atoms with Crippen LogP contribution >= 0.6 is 11.3 Å². The molecule has 0 bridgehead atoms. The predicted molar refractivity (Wildman–Crippen MR) is 105 cm³/mol. The molecule has 3 N–H and O–H groups in total. The van der Waals surface area contributed by atoms with Gasteiger partial charge >= 0.3 is 16.3 Å². The summed E-state index contributed by atoms with van der Waals surface area (Å²) >= 11 is 1.10. The fraction of sp³-hybridized carbons (Fsp3) is 0.353. The molecular weight excluding hydrogens is 404 g/mol. The van der Waals surface area contributed by atoms with Crippen molar-refractivity contribution in [2.45, 2.75) is 26.3 Å².